The predicted octanol–water partition coefficient (Wildman–Crippen LogP) is 2.10. The van der Waals surface area contributed by atoms with Gasteiger partial charge in [-0.25, -0.2) is 0 Å². The molecule has 0 aromatic heterocycles. The van der Waals surface area contributed by atoms with E-state index in [2.05, 4.69) is 84.9 Å². The lowest BCUT2D eigenvalue weighted by Gasteiger charge is -2.25. The van der Waals surface area contributed by atoms with E-state index in [0.717, 1.165) is 11.5 Å². The van der Waals surface area contributed by atoms with Crippen molar-refractivity contribution in [3.8, 4) is 11.5 Å². The average molecular weight is 443 g/mol. The van der Waals surface area contributed by atoms with Crippen LogP contribution in [0, 0.1) is 0 Å². The highest BCUT2D eigenvalue weighted by atomic mass is 28.4. The van der Waals surface area contributed by atoms with Crippen LogP contribution < -0.4 is 30.2 Å². The molecule has 0 spiro atoms. The van der Waals surface area contributed by atoms with Gasteiger partial charge in [-0.15, -0.1) is 0 Å². The van der Waals surface area contributed by atoms with Gasteiger partial charge in [0.1, 0.15) is 11.5 Å². The fraction of sp³-hybridized carbons (Fsp3) is 0.0769. The van der Waals surface area contributed by atoms with E-state index < -0.39 is 18.1 Å². The summed E-state index contributed by atoms with van der Waals surface area (Å²) in [5.41, 5.74) is 0. The Morgan fingerprint density at radius 2 is 0.742 bits per heavy atom. The molecular weight excluding hydrogens is 416 g/mol. The maximum atomic E-state index is 7.14. The van der Waals surface area contributed by atoms with Gasteiger partial charge < -0.3 is 13.6 Å². The van der Waals surface area contributed by atoms with Crippen LogP contribution in [0.2, 0.25) is 0 Å². The quantitative estimate of drug-likeness (QED) is 0.391. The normalized spacial score (nSPS) is 12.7. The highest BCUT2D eigenvalue weighted by molar-refractivity contribution is 6.91. The van der Waals surface area contributed by atoms with Crippen molar-refractivity contribution < 1.29 is 13.6 Å². The van der Waals surface area contributed by atoms with E-state index in [1.165, 1.54) is 20.7 Å². The van der Waals surface area contributed by atoms with Gasteiger partial charge in [0.15, 0.2) is 0 Å². The first kappa shape index (κ1) is 21.1. The van der Waals surface area contributed by atoms with Crippen molar-refractivity contribution in [2.75, 3.05) is 14.2 Å². The van der Waals surface area contributed by atoms with Gasteiger partial charge in [-0.05, 0) is 45.0 Å². The third-order valence-electron chi connectivity index (χ3n) is 5.31. The van der Waals surface area contributed by atoms with Gasteiger partial charge >= 0.3 is 0 Å². The predicted molar refractivity (Wildman–Crippen MR) is 133 cm³/mol. The van der Waals surface area contributed by atoms with Crippen molar-refractivity contribution in [2.24, 2.45) is 0 Å². The van der Waals surface area contributed by atoms with Gasteiger partial charge in [0.05, 0.1) is 14.2 Å². The summed E-state index contributed by atoms with van der Waals surface area (Å²) in [6, 6.07) is 37.9. The molecule has 0 amide bonds. The maximum Gasteiger partial charge on any atom is 0.228 e. The molecule has 3 nitrogen and oxygen atoms in total. The Hall–Kier alpha value is -3.13. The molecule has 0 saturated heterocycles. The SMILES string of the molecule is COc1ccc([SiH](O[SiH](c2ccccc2)c2ccc(OC)cc2)c2ccccc2)cc1. The number of benzene rings is 4. The van der Waals surface area contributed by atoms with E-state index in [0.29, 0.717) is 0 Å². The summed E-state index contributed by atoms with van der Waals surface area (Å²) in [6.45, 7) is 0. The van der Waals surface area contributed by atoms with Crippen molar-refractivity contribution in [3.63, 3.8) is 0 Å². The van der Waals surface area contributed by atoms with Gasteiger partial charge in [0.25, 0.3) is 0 Å². The summed E-state index contributed by atoms with van der Waals surface area (Å²) < 4.78 is 17.9. The van der Waals surface area contributed by atoms with Crippen LogP contribution >= 0.6 is 0 Å². The minimum absolute atomic E-state index is 0.858. The second-order valence-corrected chi connectivity index (χ2v) is 12.5. The van der Waals surface area contributed by atoms with Crippen LogP contribution in [0.3, 0.4) is 0 Å². The monoisotopic (exact) mass is 442 g/mol. The summed E-state index contributed by atoms with van der Waals surface area (Å²) in [4.78, 5) is 0. The van der Waals surface area contributed by atoms with Gasteiger partial charge in [-0.2, -0.15) is 0 Å². The van der Waals surface area contributed by atoms with Crippen molar-refractivity contribution in [1.29, 1.82) is 0 Å². The molecule has 156 valence electrons. The number of rotatable bonds is 8. The number of ether oxygens (including phenoxy) is 2. The molecule has 4 aromatic carbocycles. The van der Waals surface area contributed by atoms with Crippen LogP contribution in [-0.2, 0) is 4.12 Å². The highest BCUT2D eigenvalue weighted by Gasteiger charge is 2.26. The van der Waals surface area contributed by atoms with E-state index in [4.69, 9.17) is 13.6 Å². The molecule has 0 fully saturated rings. The molecule has 31 heavy (non-hydrogen) atoms. The molecule has 0 radical (unpaired) electrons. The van der Waals surface area contributed by atoms with Crippen LogP contribution in [0.4, 0.5) is 0 Å². The minimum Gasteiger partial charge on any atom is -0.497 e. The topological polar surface area (TPSA) is 27.7 Å². The molecule has 0 aliphatic rings. The van der Waals surface area contributed by atoms with Crippen molar-refractivity contribution in [3.05, 3.63) is 109 Å². The number of hydrogen-bond acceptors (Lipinski definition) is 3. The van der Waals surface area contributed by atoms with Crippen LogP contribution in [0.15, 0.2) is 109 Å². The third-order valence-corrected chi connectivity index (χ3v) is 11.5. The number of methoxy groups -OCH3 is 2. The van der Waals surface area contributed by atoms with E-state index in [9.17, 15) is 0 Å². The van der Waals surface area contributed by atoms with E-state index in [1.54, 1.807) is 14.2 Å². The van der Waals surface area contributed by atoms with Crippen LogP contribution in [-0.4, -0.2) is 32.3 Å². The molecule has 0 N–H and O–H groups in total. The first-order chi connectivity index (χ1) is 15.3. The summed E-state index contributed by atoms with van der Waals surface area (Å²) in [7, 11) is -0.460. The lowest BCUT2D eigenvalue weighted by atomic mass is 10.3. The summed E-state index contributed by atoms with van der Waals surface area (Å²) in [6.07, 6.45) is 0. The number of hydrogen-bond donors (Lipinski definition) is 0. The Bertz CT molecular complexity index is 980. The van der Waals surface area contributed by atoms with Crippen molar-refractivity contribution in [2.45, 2.75) is 0 Å². The molecular formula is C26H26O3Si2. The molecule has 4 rings (SSSR count). The molecule has 0 aliphatic carbocycles. The van der Waals surface area contributed by atoms with Gasteiger partial charge in [0, 0.05) is 0 Å². The smallest absolute Gasteiger partial charge is 0.228 e. The molecule has 0 saturated carbocycles. The minimum atomic E-state index is -1.92. The Labute approximate surface area is 187 Å². The second-order valence-electron chi connectivity index (χ2n) is 7.26. The summed E-state index contributed by atoms with van der Waals surface area (Å²) in [5, 5.41) is 5.03. The third kappa shape index (κ3) is 5.14. The Morgan fingerprint density at radius 1 is 0.419 bits per heavy atom. The Morgan fingerprint density at radius 3 is 1.06 bits per heavy atom. The maximum absolute atomic E-state index is 7.14. The molecule has 5 heteroatoms. The zero-order valence-corrected chi connectivity index (χ0v) is 20.1. The second kappa shape index (κ2) is 10.3. The molecule has 2 unspecified atom stereocenters. The Kier molecular flexibility index (Phi) is 6.99. The lowest BCUT2D eigenvalue weighted by molar-refractivity contribution is 0.415. The fourth-order valence-corrected chi connectivity index (χ4v) is 10.2. The average Bonchev–Trinajstić information content (AvgIpc) is 2.86. The van der Waals surface area contributed by atoms with Crippen LogP contribution in [0.1, 0.15) is 0 Å². The first-order valence-corrected chi connectivity index (χ1v) is 13.6. The highest BCUT2D eigenvalue weighted by Crippen LogP contribution is 2.10. The lowest BCUT2D eigenvalue weighted by Crippen LogP contribution is -2.55. The first-order valence-electron chi connectivity index (χ1n) is 10.3. The van der Waals surface area contributed by atoms with Crippen LogP contribution in [0.25, 0.3) is 0 Å². The van der Waals surface area contributed by atoms with Gasteiger partial charge in [0.2, 0.25) is 18.1 Å². The Balaban J connectivity index is 1.76. The van der Waals surface area contributed by atoms with Crippen molar-refractivity contribution >= 4 is 38.8 Å². The van der Waals surface area contributed by atoms with Crippen molar-refractivity contribution in [1.82, 2.24) is 0 Å². The molecule has 2 atom stereocenters. The summed E-state index contributed by atoms with van der Waals surface area (Å²) in [5.74, 6) is 1.72. The zero-order valence-electron chi connectivity index (χ0n) is 17.8. The van der Waals surface area contributed by atoms with E-state index in [-0.39, 0.29) is 0 Å². The zero-order chi connectivity index (χ0) is 21.5. The van der Waals surface area contributed by atoms with E-state index >= 15 is 0 Å². The fourth-order valence-electron chi connectivity index (χ4n) is 3.65. The molecule has 0 aliphatic heterocycles. The molecule has 0 bridgehead atoms. The van der Waals surface area contributed by atoms with Gasteiger partial charge in [-0.1, -0.05) is 84.9 Å². The van der Waals surface area contributed by atoms with E-state index in [1.807, 2.05) is 24.3 Å². The van der Waals surface area contributed by atoms with Crippen LogP contribution in [0.5, 0.6) is 11.5 Å². The molecule has 4 aromatic rings. The standard InChI is InChI=1S/C26H26O3Si2/c1-27-21-13-17-25(18-14-21)30(23-9-5-3-6-10-23)29-31(24-11-7-4-8-12-24)26-19-15-22(28-2)16-20-26/h3-20,30-31H,1-2H3. The molecule has 0 heterocycles. The summed E-state index contributed by atoms with van der Waals surface area (Å²) >= 11 is 0. The largest absolute Gasteiger partial charge is 0.497 e. The van der Waals surface area contributed by atoms with Gasteiger partial charge in [-0.3, -0.25) is 0 Å².